The van der Waals surface area contributed by atoms with Crippen LogP contribution in [0, 0.1) is 0 Å². The number of hydrogen-bond donors (Lipinski definition) is 0. The van der Waals surface area contributed by atoms with E-state index in [1.54, 1.807) is 0 Å². The normalized spacial score (nSPS) is 13.1. The standard InChI is InChI=1S/C104H79B2N5O/c1-103(2,3)72-56-58-89-83(60-72)84-61-73(104(4,5)6)57-59-90(84)109(89)77-62-94-99-95(63-77)110(101-79(68-34-14-7-15-35-68)48-32-49-80(101)69-36-16-8-17-37-69)91-54-30-28-52-85(91)105(99)87-66-88-93(67-92(87)108(94)76-46-26-13-27-47-76)111(102-81(70-38-18-9-19-39-70)50-33-51-82(102)71-40-20-10-21-41-71)96-64-78(65-98-100(96)106(88)86-53-29-31-55-97(86)112-98)107(74-42-22-11-23-43-74)75-44-24-12-25-45-75/h7-67H,1-6H3. The molecule has 532 valence electrons. The zero-order valence-electron chi connectivity index (χ0n) is 63.5. The first-order chi connectivity index (χ1) is 54.9. The summed E-state index contributed by atoms with van der Waals surface area (Å²) < 4.78 is 10.1. The van der Waals surface area contributed by atoms with Crippen molar-refractivity contribution in [1.29, 1.82) is 0 Å². The van der Waals surface area contributed by atoms with Crippen molar-refractivity contribution in [2.45, 2.75) is 52.4 Å². The van der Waals surface area contributed by atoms with Gasteiger partial charge in [0.25, 0.3) is 13.4 Å². The minimum Gasteiger partial charge on any atom is -0.458 e. The molecule has 4 aliphatic heterocycles. The average molecular weight is 1440 g/mol. The van der Waals surface area contributed by atoms with Crippen LogP contribution >= 0.6 is 0 Å². The molecule has 1 aromatic heterocycles. The number of fused-ring (bicyclic) bond motifs is 11. The highest BCUT2D eigenvalue weighted by atomic mass is 16.5. The predicted octanol–water partition coefficient (Wildman–Crippen LogP) is 24.0. The lowest BCUT2D eigenvalue weighted by Gasteiger charge is -2.47. The van der Waals surface area contributed by atoms with Gasteiger partial charge in [-0.3, -0.25) is 0 Å². The zero-order chi connectivity index (χ0) is 75.1. The minimum atomic E-state index is -0.286. The number of para-hydroxylation sites is 7. The summed E-state index contributed by atoms with van der Waals surface area (Å²) in [5, 5.41) is 2.47. The van der Waals surface area contributed by atoms with Crippen LogP contribution in [0.1, 0.15) is 52.7 Å². The van der Waals surface area contributed by atoms with E-state index in [0.29, 0.717) is 0 Å². The maximum Gasteiger partial charge on any atom is 0.256 e. The molecule has 0 spiro atoms. The van der Waals surface area contributed by atoms with E-state index in [9.17, 15) is 0 Å². The number of hydrogen-bond acceptors (Lipinski definition) is 5. The van der Waals surface area contributed by atoms with Gasteiger partial charge in [-0.1, -0.05) is 308 Å². The monoisotopic (exact) mass is 1440 g/mol. The van der Waals surface area contributed by atoms with Crippen molar-refractivity contribution >= 4 is 136 Å². The van der Waals surface area contributed by atoms with Gasteiger partial charge in [-0.2, -0.15) is 0 Å². The van der Waals surface area contributed by atoms with Gasteiger partial charge in [-0.05, 0) is 174 Å². The molecule has 8 heteroatoms. The summed E-state index contributed by atoms with van der Waals surface area (Å²) in [6, 6.07) is 138. The zero-order valence-corrected chi connectivity index (χ0v) is 63.5. The van der Waals surface area contributed by atoms with Crippen molar-refractivity contribution in [2.24, 2.45) is 0 Å². The topological polar surface area (TPSA) is 27.1 Å². The molecule has 0 N–H and O–H groups in total. The molecule has 0 saturated carbocycles. The van der Waals surface area contributed by atoms with E-state index in [-0.39, 0.29) is 24.3 Å². The lowest BCUT2D eigenvalue weighted by molar-refractivity contribution is 0.487. The molecule has 0 unspecified atom stereocenters. The highest BCUT2D eigenvalue weighted by Crippen LogP contribution is 2.56. The van der Waals surface area contributed by atoms with Gasteiger partial charge in [0.05, 0.1) is 33.8 Å². The summed E-state index contributed by atoms with van der Waals surface area (Å²) in [6.07, 6.45) is 0. The molecule has 112 heavy (non-hydrogen) atoms. The van der Waals surface area contributed by atoms with Gasteiger partial charge in [0.1, 0.15) is 11.5 Å². The van der Waals surface area contributed by atoms with Crippen LogP contribution in [0.4, 0.5) is 68.2 Å². The van der Waals surface area contributed by atoms with Gasteiger partial charge < -0.3 is 28.9 Å². The van der Waals surface area contributed by atoms with E-state index in [4.69, 9.17) is 4.74 Å². The number of benzene rings is 16. The largest absolute Gasteiger partial charge is 0.458 e. The maximum absolute atomic E-state index is 7.57. The summed E-state index contributed by atoms with van der Waals surface area (Å²) in [4.78, 5) is 10.3. The third kappa shape index (κ3) is 10.7. The van der Waals surface area contributed by atoms with Crippen LogP contribution in [0.5, 0.6) is 11.5 Å². The minimum absolute atomic E-state index is 0.0949. The number of nitrogens with zero attached hydrogens (tertiary/aromatic N) is 5. The quantitative estimate of drug-likeness (QED) is 0.120. The van der Waals surface area contributed by atoms with E-state index in [1.165, 1.54) is 43.8 Å². The van der Waals surface area contributed by atoms with Crippen LogP contribution in [0.15, 0.2) is 370 Å². The molecule has 0 bridgehead atoms. The van der Waals surface area contributed by atoms with Gasteiger partial charge in [0, 0.05) is 90.3 Å². The van der Waals surface area contributed by atoms with Crippen molar-refractivity contribution in [1.82, 2.24) is 4.57 Å². The fourth-order valence-electron chi connectivity index (χ4n) is 18.5. The molecule has 0 aliphatic carbocycles. The predicted molar refractivity (Wildman–Crippen MR) is 474 cm³/mol. The first-order valence-corrected chi connectivity index (χ1v) is 39.2. The van der Waals surface area contributed by atoms with Crippen LogP contribution in [-0.2, 0) is 10.8 Å². The molecule has 0 atom stereocenters. The number of ether oxygens (including phenoxy) is 1. The fourth-order valence-corrected chi connectivity index (χ4v) is 18.5. The van der Waals surface area contributed by atoms with Crippen LogP contribution < -0.4 is 57.1 Å². The number of rotatable bonds is 11. The van der Waals surface area contributed by atoms with Gasteiger partial charge >= 0.3 is 0 Å². The summed E-state index contributed by atoms with van der Waals surface area (Å²) in [7, 11) is 0. The van der Waals surface area contributed by atoms with Crippen LogP contribution in [0.3, 0.4) is 0 Å². The third-order valence-corrected chi connectivity index (χ3v) is 23.7. The second kappa shape index (κ2) is 26.1. The number of anilines is 12. The Morgan fingerprint density at radius 3 is 1.16 bits per heavy atom. The number of aromatic nitrogens is 1. The summed E-state index contributed by atoms with van der Waals surface area (Å²) >= 11 is 0. The van der Waals surface area contributed by atoms with E-state index in [2.05, 4.69) is 436 Å². The molecule has 17 aromatic rings. The highest BCUT2D eigenvalue weighted by molar-refractivity contribution is 7.02. The Kier molecular flexibility index (Phi) is 15.5. The summed E-state index contributed by atoms with van der Waals surface area (Å²) in [6.45, 7) is 13.4. The maximum atomic E-state index is 7.57. The van der Waals surface area contributed by atoms with Crippen molar-refractivity contribution in [3.05, 3.63) is 381 Å². The Labute approximate surface area is 656 Å². The van der Waals surface area contributed by atoms with Crippen molar-refractivity contribution in [3.63, 3.8) is 0 Å². The van der Waals surface area contributed by atoms with E-state index >= 15 is 0 Å². The van der Waals surface area contributed by atoms with Gasteiger partial charge in [0.15, 0.2) is 0 Å². The second-order valence-corrected chi connectivity index (χ2v) is 32.3. The first kappa shape index (κ1) is 66.6. The molecule has 0 amide bonds. The first-order valence-electron chi connectivity index (χ1n) is 39.2. The average Bonchev–Trinajstić information content (AvgIpc) is 0.719. The van der Waals surface area contributed by atoms with Crippen molar-refractivity contribution in [3.8, 4) is 61.7 Å². The van der Waals surface area contributed by atoms with Gasteiger partial charge in [-0.15, -0.1) is 0 Å². The van der Waals surface area contributed by atoms with Crippen LogP contribution in [0.25, 0.3) is 72.0 Å². The van der Waals surface area contributed by atoms with Crippen molar-refractivity contribution < 1.29 is 4.74 Å². The molecule has 0 fully saturated rings. The van der Waals surface area contributed by atoms with Gasteiger partial charge in [0.2, 0.25) is 0 Å². The van der Waals surface area contributed by atoms with Crippen LogP contribution in [-0.4, -0.2) is 18.0 Å². The highest BCUT2D eigenvalue weighted by Gasteiger charge is 2.49. The lowest BCUT2D eigenvalue weighted by Crippen LogP contribution is -2.64. The van der Waals surface area contributed by atoms with Crippen LogP contribution in [0.2, 0.25) is 0 Å². The molecule has 4 aliphatic rings. The molecule has 16 aromatic carbocycles. The Balaban J connectivity index is 0.923. The summed E-state index contributed by atoms with van der Waals surface area (Å²) in [5.74, 6) is 1.65. The smallest absolute Gasteiger partial charge is 0.256 e. The second-order valence-electron chi connectivity index (χ2n) is 32.3. The lowest BCUT2D eigenvalue weighted by atomic mass is 9.30. The fraction of sp³-hybridized carbons (Fsp3) is 0.0769. The molecular weight excluding hydrogens is 1360 g/mol. The Bertz CT molecular complexity index is 6350. The Hall–Kier alpha value is -13.6. The van der Waals surface area contributed by atoms with Crippen molar-refractivity contribution in [2.75, 3.05) is 19.6 Å². The van der Waals surface area contributed by atoms with E-state index < -0.39 is 0 Å². The molecule has 0 radical (unpaired) electrons. The molecular formula is C104H79B2N5O. The van der Waals surface area contributed by atoms with E-state index in [0.717, 1.165) is 152 Å². The summed E-state index contributed by atoms with van der Waals surface area (Å²) in [5.41, 5.74) is 34.6. The molecule has 6 nitrogen and oxygen atoms in total. The molecule has 0 saturated heterocycles. The van der Waals surface area contributed by atoms with E-state index in [1.807, 2.05) is 0 Å². The Morgan fingerprint density at radius 2 is 0.670 bits per heavy atom. The SMILES string of the molecule is CC(C)(C)c1ccc2c(c1)c1cc(C(C)(C)C)ccc1n2-c1cc2c3c(c1)N(c1c(-c4ccccc4)cccc1-c1ccccc1)c1ccccc1B3c1cc3c(cc1N2c1ccccc1)N(c1c(-c2ccccc2)cccc1-c1ccccc1)c1cc(N(c2ccccc2)c2ccccc2)cc2c1B3c1ccccc1O2. The Morgan fingerprint density at radius 1 is 0.268 bits per heavy atom. The third-order valence-electron chi connectivity index (χ3n) is 23.7. The molecule has 21 rings (SSSR count). The molecule has 5 heterocycles. The van der Waals surface area contributed by atoms with Gasteiger partial charge in [-0.25, -0.2) is 0 Å².